The molecule has 1 aliphatic heterocycles. The molecule has 11 nitrogen and oxygen atoms in total. The van der Waals surface area contributed by atoms with Gasteiger partial charge in [-0.15, -0.1) is 5.10 Å². The van der Waals surface area contributed by atoms with E-state index in [4.69, 9.17) is 14.9 Å². The third kappa shape index (κ3) is 4.51. The molecule has 176 valence electrons. The Morgan fingerprint density at radius 2 is 2.09 bits per heavy atom. The Morgan fingerprint density at radius 3 is 2.82 bits per heavy atom. The normalized spacial score (nSPS) is 18.8. The number of nitrogens with one attached hydrogen (secondary N) is 2. The maximum Gasteiger partial charge on any atom is 0.315 e. The van der Waals surface area contributed by atoms with Gasteiger partial charge in [0.1, 0.15) is 0 Å². The van der Waals surface area contributed by atoms with Crippen molar-refractivity contribution in [2.24, 2.45) is 11.1 Å². The quantitative estimate of drug-likeness (QED) is 0.442. The Labute approximate surface area is 191 Å². The molecule has 4 N–H and O–H groups in total. The summed E-state index contributed by atoms with van der Waals surface area (Å²) in [5.74, 6) is -0.143. The number of fused-ring (bicyclic) bond motifs is 1. The van der Waals surface area contributed by atoms with Crippen LogP contribution in [0.5, 0.6) is 0 Å². The maximum absolute atomic E-state index is 12.1. The molecule has 11 heteroatoms. The van der Waals surface area contributed by atoms with E-state index in [1.165, 1.54) is 6.20 Å². The van der Waals surface area contributed by atoms with Crippen molar-refractivity contribution in [1.82, 2.24) is 24.7 Å². The first-order valence-corrected chi connectivity index (χ1v) is 11.4. The molecule has 0 radical (unpaired) electrons. The number of anilines is 2. The zero-order valence-corrected chi connectivity index (χ0v) is 19.0. The number of nitrogens with zero attached hydrogens (tertiary/aromatic N) is 5. The van der Waals surface area contributed by atoms with Crippen LogP contribution in [0.2, 0.25) is 0 Å². The highest BCUT2D eigenvalue weighted by molar-refractivity contribution is 6.02. The SMILES string of the molecule is CC(Nc1c(C(N)=O)cnn2cc(-c3nnc(NCCN4CCOCC4)o3)cc12)C1(C)CC1. The summed E-state index contributed by atoms with van der Waals surface area (Å²) in [7, 11) is 0. The summed E-state index contributed by atoms with van der Waals surface area (Å²) >= 11 is 0. The second-order valence-electron chi connectivity index (χ2n) is 9.17. The minimum absolute atomic E-state index is 0.186. The predicted octanol–water partition coefficient (Wildman–Crippen LogP) is 1.83. The first-order valence-electron chi connectivity index (χ1n) is 11.4. The van der Waals surface area contributed by atoms with Crippen LogP contribution in [-0.2, 0) is 4.74 Å². The van der Waals surface area contributed by atoms with Crippen LogP contribution in [0.4, 0.5) is 11.7 Å². The summed E-state index contributed by atoms with van der Waals surface area (Å²) in [6, 6.07) is 2.44. The Hall–Kier alpha value is -3.18. The third-order valence-electron chi connectivity index (χ3n) is 6.83. The van der Waals surface area contributed by atoms with E-state index in [1.54, 1.807) is 10.7 Å². The number of morpholine rings is 1. The smallest absolute Gasteiger partial charge is 0.315 e. The van der Waals surface area contributed by atoms with Gasteiger partial charge in [0.25, 0.3) is 11.8 Å². The van der Waals surface area contributed by atoms with E-state index >= 15 is 0 Å². The van der Waals surface area contributed by atoms with Gasteiger partial charge in [0.2, 0.25) is 0 Å². The number of carbonyl (C=O) groups excluding carboxylic acids is 1. The lowest BCUT2D eigenvalue weighted by Crippen LogP contribution is -2.39. The molecule has 1 amide bonds. The van der Waals surface area contributed by atoms with Gasteiger partial charge in [0.15, 0.2) is 0 Å². The number of carbonyl (C=O) groups is 1. The van der Waals surface area contributed by atoms with Gasteiger partial charge in [-0.1, -0.05) is 12.0 Å². The van der Waals surface area contributed by atoms with Crippen molar-refractivity contribution in [2.75, 3.05) is 50.0 Å². The molecule has 1 aliphatic carbocycles. The largest absolute Gasteiger partial charge is 0.403 e. The molecule has 0 aromatic carbocycles. The Kier molecular flexibility index (Phi) is 5.67. The van der Waals surface area contributed by atoms with Gasteiger partial charge in [0, 0.05) is 38.4 Å². The number of ether oxygens (including phenoxy) is 1. The van der Waals surface area contributed by atoms with Crippen molar-refractivity contribution in [3.63, 3.8) is 0 Å². The summed E-state index contributed by atoms with van der Waals surface area (Å²) in [4.78, 5) is 14.4. The lowest BCUT2D eigenvalue weighted by atomic mass is 10.00. The number of rotatable bonds is 9. The minimum atomic E-state index is -0.520. The second-order valence-corrected chi connectivity index (χ2v) is 9.17. The predicted molar refractivity (Wildman–Crippen MR) is 123 cm³/mol. The van der Waals surface area contributed by atoms with Crippen LogP contribution in [0.25, 0.3) is 17.0 Å². The number of hydrogen-bond donors (Lipinski definition) is 3. The zero-order valence-electron chi connectivity index (χ0n) is 19.0. The number of amides is 1. The summed E-state index contributed by atoms with van der Waals surface area (Å²) in [5, 5.41) is 19.3. The van der Waals surface area contributed by atoms with Crippen LogP contribution in [0.15, 0.2) is 22.9 Å². The van der Waals surface area contributed by atoms with Crippen molar-refractivity contribution in [3.8, 4) is 11.5 Å². The molecule has 0 bridgehead atoms. The second kappa shape index (κ2) is 8.64. The summed E-state index contributed by atoms with van der Waals surface area (Å²) in [5.41, 5.74) is 8.34. The van der Waals surface area contributed by atoms with Crippen molar-refractivity contribution < 1.29 is 13.9 Å². The topological polar surface area (TPSA) is 136 Å². The van der Waals surface area contributed by atoms with Crippen LogP contribution in [0.3, 0.4) is 0 Å². The number of primary amides is 1. The van der Waals surface area contributed by atoms with Gasteiger partial charge in [-0.25, -0.2) is 4.52 Å². The lowest BCUT2D eigenvalue weighted by molar-refractivity contribution is 0.0398. The minimum Gasteiger partial charge on any atom is -0.403 e. The summed E-state index contributed by atoms with van der Waals surface area (Å²) in [6.07, 6.45) is 5.61. The molecule has 3 aromatic heterocycles. The highest BCUT2D eigenvalue weighted by atomic mass is 16.5. The summed E-state index contributed by atoms with van der Waals surface area (Å²) < 4.78 is 12.9. The van der Waals surface area contributed by atoms with Crippen molar-refractivity contribution in [2.45, 2.75) is 32.7 Å². The molecule has 1 atom stereocenters. The van der Waals surface area contributed by atoms with E-state index in [2.05, 4.69) is 44.7 Å². The molecular weight excluding hydrogens is 424 g/mol. The fourth-order valence-electron chi connectivity index (χ4n) is 4.09. The standard InChI is InChI=1S/C22H30N8O3/c1-14(22(2)3-4-22)26-18-16(19(23)31)12-25-30-13-15(11-17(18)30)20-27-28-21(33-20)24-5-6-29-7-9-32-10-8-29/h11-14,26H,3-10H2,1-2H3,(H2,23,31)(H,24,28). The average Bonchev–Trinajstić information content (AvgIpc) is 3.21. The monoisotopic (exact) mass is 454 g/mol. The first-order chi connectivity index (χ1) is 15.9. The highest BCUT2D eigenvalue weighted by Crippen LogP contribution is 2.49. The fraction of sp³-hybridized carbons (Fsp3) is 0.545. The number of aromatic nitrogens is 4. The van der Waals surface area contributed by atoms with Gasteiger partial charge < -0.3 is 25.5 Å². The van der Waals surface area contributed by atoms with E-state index in [1.807, 2.05) is 6.07 Å². The maximum atomic E-state index is 12.1. The molecule has 2 fully saturated rings. The van der Waals surface area contributed by atoms with Crippen LogP contribution >= 0.6 is 0 Å². The van der Waals surface area contributed by atoms with Crippen molar-refractivity contribution in [3.05, 3.63) is 24.0 Å². The van der Waals surface area contributed by atoms with Crippen LogP contribution < -0.4 is 16.4 Å². The third-order valence-corrected chi connectivity index (χ3v) is 6.83. The van der Waals surface area contributed by atoms with Crippen molar-refractivity contribution >= 4 is 23.1 Å². The number of nitrogens with two attached hydrogens (primary N) is 1. The van der Waals surface area contributed by atoms with Gasteiger partial charge >= 0.3 is 6.01 Å². The molecule has 3 aromatic rings. The molecular formula is C22H30N8O3. The molecule has 5 rings (SSSR count). The summed E-state index contributed by atoms with van der Waals surface area (Å²) in [6.45, 7) is 9.36. The number of hydrogen-bond acceptors (Lipinski definition) is 9. The fourth-order valence-corrected chi connectivity index (χ4v) is 4.09. The van der Waals surface area contributed by atoms with Gasteiger partial charge in [-0.2, -0.15) is 5.10 Å². The van der Waals surface area contributed by atoms with Gasteiger partial charge in [-0.3, -0.25) is 9.69 Å². The van der Waals surface area contributed by atoms with E-state index in [-0.39, 0.29) is 11.5 Å². The molecule has 2 aliphatic rings. The highest BCUT2D eigenvalue weighted by Gasteiger charge is 2.43. The van der Waals surface area contributed by atoms with Gasteiger partial charge in [-0.05, 0) is 31.2 Å². The van der Waals surface area contributed by atoms with Crippen LogP contribution in [0.1, 0.15) is 37.0 Å². The molecule has 1 unspecified atom stereocenters. The zero-order chi connectivity index (χ0) is 23.0. The van der Waals surface area contributed by atoms with Crippen LogP contribution in [0, 0.1) is 5.41 Å². The van der Waals surface area contributed by atoms with E-state index < -0.39 is 5.91 Å². The first kappa shape index (κ1) is 21.7. The van der Waals surface area contributed by atoms with Crippen molar-refractivity contribution in [1.29, 1.82) is 0 Å². The van der Waals surface area contributed by atoms with Crippen LogP contribution in [-0.4, -0.2) is 76.1 Å². The Bertz CT molecular complexity index is 1150. The van der Waals surface area contributed by atoms with E-state index in [0.717, 1.165) is 51.2 Å². The van der Waals surface area contributed by atoms with E-state index in [9.17, 15) is 4.79 Å². The molecule has 33 heavy (non-hydrogen) atoms. The molecule has 4 heterocycles. The lowest BCUT2D eigenvalue weighted by Gasteiger charge is -2.26. The molecule has 1 saturated carbocycles. The average molecular weight is 455 g/mol. The van der Waals surface area contributed by atoms with Gasteiger partial charge in [0.05, 0.1) is 41.7 Å². The van der Waals surface area contributed by atoms with E-state index in [0.29, 0.717) is 35.3 Å². The Balaban J connectivity index is 1.34. The molecule has 1 saturated heterocycles. The molecule has 0 spiro atoms. The Morgan fingerprint density at radius 1 is 1.30 bits per heavy atom.